The third-order valence-electron chi connectivity index (χ3n) is 5.26. The van der Waals surface area contributed by atoms with Gasteiger partial charge in [0.1, 0.15) is 24.1 Å². The van der Waals surface area contributed by atoms with E-state index in [1.54, 1.807) is 23.7 Å². The summed E-state index contributed by atoms with van der Waals surface area (Å²) in [5, 5.41) is 54.8. The maximum absolute atomic E-state index is 14.0. The normalized spacial score (nSPS) is 28.9. The molecule has 31 heavy (non-hydrogen) atoms. The van der Waals surface area contributed by atoms with Gasteiger partial charge in [0, 0.05) is 23.7 Å². The number of aromatic nitrogens is 2. The molecule has 1 fully saturated rings. The van der Waals surface area contributed by atoms with E-state index < -0.39 is 42.8 Å². The topological polar surface area (TPSA) is 137 Å². The van der Waals surface area contributed by atoms with Gasteiger partial charge in [-0.1, -0.05) is 6.07 Å². The predicted molar refractivity (Wildman–Crippen MR) is 110 cm³/mol. The summed E-state index contributed by atoms with van der Waals surface area (Å²) in [7, 11) is 0. The summed E-state index contributed by atoms with van der Waals surface area (Å²) >= 11 is 3.11. The molecule has 0 unspecified atom stereocenters. The van der Waals surface area contributed by atoms with Gasteiger partial charge in [-0.25, -0.2) is 4.39 Å². The van der Waals surface area contributed by atoms with Crippen molar-refractivity contribution in [2.24, 2.45) is 0 Å². The molecule has 11 heteroatoms. The van der Waals surface area contributed by atoms with Crippen molar-refractivity contribution in [2.75, 3.05) is 6.61 Å². The van der Waals surface area contributed by atoms with Crippen LogP contribution in [0.4, 0.5) is 4.39 Å². The molecule has 2 heterocycles. The van der Waals surface area contributed by atoms with Gasteiger partial charge < -0.3 is 35.0 Å². The fraction of sp³-hybridized carbons (Fsp3) is 0.550. The Kier molecular flexibility index (Phi) is 7.06. The van der Waals surface area contributed by atoms with E-state index in [-0.39, 0.29) is 18.3 Å². The Balaban J connectivity index is 2.00. The average Bonchev–Trinajstić information content (AvgIpc) is 3.01. The number of hydrogen-bond acceptors (Lipinski definition) is 8. The number of aliphatic hydroxyl groups excluding tert-OH is 4. The Morgan fingerprint density at radius 3 is 2.55 bits per heavy atom. The minimum atomic E-state index is -2.78. The summed E-state index contributed by atoms with van der Waals surface area (Å²) in [6.07, 6.45) is -6.73. The largest absolute Gasteiger partial charge is 0.417 e. The maximum atomic E-state index is 14.0. The second kappa shape index (κ2) is 9.10. The minimum Gasteiger partial charge on any atom is -0.417 e. The molecule has 172 valence electrons. The number of halogens is 2. The number of rotatable bonds is 6. The van der Waals surface area contributed by atoms with Crippen molar-refractivity contribution >= 4 is 15.9 Å². The first-order valence-corrected chi connectivity index (χ1v) is 10.5. The first-order valence-electron chi connectivity index (χ1n) is 9.74. The Morgan fingerprint density at radius 1 is 1.29 bits per heavy atom. The van der Waals surface area contributed by atoms with Crippen LogP contribution in [0.2, 0.25) is 0 Å². The lowest BCUT2D eigenvalue weighted by molar-refractivity contribution is -0.423. The van der Waals surface area contributed by atoms with Crippen molar-refractivity contribution in [2.45, 2.75) is 63.6 Å². The lowest BCUT2D eigenvalue weighted by atomic mass is 9.98. The van der Waals surface area contributed by atoms with Crippen LogP contribution >= 0.6 is 15.9 Å². The summed E-state index contributed by atoms with van der Waals surface area (Å²) in [5.41, 5.74) is 1.79. The molecule has 1 aromatic carbocycles. The molecule has 1 aromatic heterocycles. The van der Waals surface area contributed by atoms with Crippen molar-refractivity contribution in [3.8, 4) is 5.88 Å². The van der Waals surface area contributed by atoms with E-state index >= 15 is 0 Å². The molecule has 0 amide bonds. The molecule has 0 aliphatic carbocycles. The van der Waals surface area contributed by atoms with Gasteiger partial charge in [-0.2, -0.15) is 0 Å². The highest BCUT2D eigenvalue weighted by Gasteiger charge is 2.55. The summed E-state index contributed by atoms with van der Waals surface area (Å²) < 4.78 is 26.7. The second-order valence-corrected chi connectivity index (χ2v) is 8.68. The van der Waals surface area contributed by atoms with Gasteiger partial charge in [0.15, 0.2) is 6.10 Å². The molecule has 0 spiro atoms. The zero-order valence-corrected chi connectivity index (χ0v) is 18.8. The van der Waals surface area contributed by atoms with Crippen LogP contribution in [-0.2, 0) is 11.2 Å². The van der Waals surface area contributed by atoms with E-state index in [4.69, 9.17) is 9.47 Å². The molecule has 5 N–H and O–H groups in total. The molecule has 2 aromatic rings. The number of nitrogens with zero attached hydrogens (tertiary/aromatic N) is 2. The molecular formula is C20H26BrFN2O7. The van der Waals surface area contributed by atoms with Crippen molar-refractivity contribution < 1.29 is 39.4 Å². The Hall–Kier alpha value is -1.60. The molecule has 1 aliphatic rings. The van der Waals surface area contributed by atoms with Gasteiger partial charge in [-0.3, -0.25) is 4.68 Å². The number of aliphatic hydroxyl groups is 5. The first kappa shape index (κ1) is 24.1. The number of benzene rings is 1. The molecule has 0 saturated carbocycles. The summed E-state index contributed by atoms with van der Waals surface area (Å²) in [6.45, 7) is 4.81. The SMILES string of the molecule is Cc1c(Cc2ccc(Br)c(F)c2)c(O[C@@]2(O)O[C@H](CO)[C@@H](O)[C@H](O)[C@H]2O)nn1C(C)C. The van der Waals surface area contributed by atoms with Gasteiger partial charge in [0.2, 0.25) is 5.88 Å². The quantitative estimate of drug-likeness (QED) is 0.363. The smallest absolute Gasteiger partial charge is 0.356 e. The van der Waals surface area contributed by atoms with Crippen LogP contribution in [0.3, 0.4) is 0 Å². The first-order chi connectivity index (χ1) is 14.5. The van der Waals surface area contributed by atoms with Crippen LogP contribution in [0.5, 0.6) is 5.88 Å². The van der Waals surface area contributed by atoms with Crippen LogP contribution in [0, 0.1) is 12.7 Å². The zero-order chi connectivity index (χ0) is 23.1. The van der Waals surface area contributed by atoms with E-state index in [1.807, 2.05) is 13.8 Å². The monoisotopic (exact) mass is 504 g/mol. The Morgan fingerprint density at radius 2 is 1.97 bits per heavy atom. The van der Waals surface area contributed by atoms with Crippen LogP contribution < -0.4 is 4.74 Å². The highest BCUT2D eigenvalue weighted by atomic mass is 79.9. The molecule has 9 nitrogen and oxygen atoms in total. The lowest BCUT2D eigenvalue weighted by Crippen LogP contribution is -2.67. The summed E-state index contributed by atoms with van der Waals surface area (Å²) in [4.78, 5) is 0. The van der Waals surface area contributed by atoms with Crippen molar-refractivity contribution in [3.63, 3.8) is 0 Å². The van der Waals surface area contributed by atoms with E-state index in [9.17, 15) is 29.9 Å². The lowest BCUT2D eigenvalue weighted by Gasteiger charge is -2.43. The minimum absolute atomic E-state index is 0.0813. The number of hydrogen-bond donors (Lipinski definition) is 5. The molecule has 0 bridgehead atoms. The van der Waals surface area contributed by atoms with Crippen LogP contribution in [0.15, 0.2) is 22.7 Å². The fourth-order valence-electron chi connectivity index (χ4n) is 3.52. The maximum Gasteiger partial charge on any atom is 0.356 e. The van der Waals surface area contributed by atoms with E-state index in [0.717, 1.165) is 0 Å². The fourth-order valence-corrected chi connectivity index (χ4v) is 3.76. The standard InChI is InChI=1S/C20H26BrFN2O7/c1-9(2)24-10(3)12(6-11-4-5-13(21)14(22)7-11)19(23-24)31-20(29)18(28)17(27)16(26)15(8-25)30-20/h4-5,7,9,15-18,25-29H,6,8H2,1-3H3/t15-,16-,17+,18-,20+/m1/s1. The highest BCUT2D eigenvalue weighted by Crippen LogP contribution is 2.34. The molecular weight excluding hydrogens is 479 g/mol. The molecule has 0 radical (unpaired) electrons. The second-order valence-electron chi connectivity index (χ2n) is 7.83. The van der Waals surface area contributed by atoms with Gasteiger partial charge in [-0.15, -0.1) is 5.10 Å². The van der Waals surface area contributed by atoms with Gasteiger partial charge in [0.25, 0.3) is 0 Å². The van der Waals surface area contributed by atoms with E-state index in [1.165, 1.54) is 6.07 Å². The van der Waals surface area contributed by atoms with Gasteiger partial charge in [0.05, 0.1) is 11.1 Å². The summed E-state index contributed by atoms with van der Waals surface area (Å²) in [5.74, 6) is -3.33. The van der Waals surface area contributed by atoms with E-state index in [0.29, 0.717) is 21.3 Å². The van der Waals surface area contributed by atoms with Crippen LogP contribution in [0.25, 0.3) is 0 Å². The molecule has 1 saturated heterocycles. The highest BCUT2D eigenvalue weighted by molar-refractivity contribution is 9.10. The van der Waals surface area contributed by atoms with Crippen molar-refractivity contribution in [1.82, 2.24) is 9.78 Å². The molecule has 1 aliphatic heterocycles. The Bertz CT molecular complexity index is 938. The van der Waals surface area contributed by atoms with Crippen LogP contribution in [-0.4, -0.2) is 72.3 Å². The number of ether oxygens (including phenoxy) is 2. The van der Waals surface area contributed by atoms with Crippen molar-refractivity contribution in [3.05, 3.63) is 45.3 Å². The molecule has 5 atom stereocenters. The van der Waals surface area contributed by atoms with Gasteiger partial charge >= 0.3 is 5.97 Å². The third kappa shape index (κ3) is 4.63. The average molecular weight is 505 g/mol. The summed E-state index contributed by atoms with van der Waals surface area (Å²) in [6, 6.07) is 4.55. The Labute approximate surface area is 186 Å². The van der Waals surface area contributed by atoms with Crippen molar-refractivity contribution in [1.29, 1.82) is 0 Å². The zero-order valence-electron chi connectivity index (χ0n) is 17.2. The van der Waals surface area contributed by atoms with Gasteiger partial charge in [-0.05, 0) is 54.4 Å². The predicted octanol–water partition coefficient (Wildman–Crippen LogP) is 0.764. The van der Waals surface area contributed by atoms with Crippen LogP contribution in [0.1, 0.15) is 36.7 Å². The molecule has 3 rings (SSSR count). The third-order valence-corrected chi connectivity index (χ3v) is 5.91. The van der Waals surface area contributed by atoms with E-state index in [2.05, 4.69) is 21.0 Å².